The molecule has 0 radical (unpaired) electrons. The largest absolute Gasteiger partial charge is 0.464 e. The third-order valence-corrected chi connectivity index (χ3v) is 6.37. The second-order valence-corrected chi connectivity index (χ2v) is 8.57. The van der Waals surface area contributed by atoms with Gasteiger partial charge in [-0.25, -0.2) is 4.98 Å². The zero-order chi connectivity index (χ0) is 22.5. The summed E-state index contributed by atoms with van der Waals surface area (Å²) in [6, 6.07) is 9.23. The molecular weight excluding hydrogens is 426 g/mol. The number of piperazine rings is 1. The molecule has 2 aromatic heterocycles. The molecule has 3 heterocycles. The number of fused-ring (bicyclic) bond motifs is 1. The van der Waals surface area contributed by atoms with E-state index in [1.807, 2.05) is 31.2 Å². The minimum atomic E-state index is -0.205. The molecule has 1 aromatic carbocycles. The average molecular weight is 456 g/mol. The van der Waals surface area contributed by atoms with Crippen molar-refractivity contribution < 1.29 is 9.21 Å². The molecule has 32 heavy (non-hydrogen) atoms. The number of pyridine rings is 1. The van der Waals surface area contributed by atoms with E-state index in [1.54, 1.807) is 12.3 Å². The highest BCUT2D eigenvalue weighted by atomic mass is 35.5. The molecule has 8 heteroatoms. The number of furan rings is 1. The molecule has 7 nitrogen and oxygen atoms in total. The number of nitrogens with one attached hydrogen (secondary N) is 2. The maximum absolute atomic E-state index is 12.8. The predicted octanol–water partition coefficient (Wildman–Crippen LogP) is 4.29. The van der Waals surface area contributed by atoms with E-state index in [1.165, 1.54) is 0 Å². The molecule has 170 valence electrons. The number of amides is 1. The van der Waals surface area contributed by atoms with Crippen LogP contribution in [0, 0.1) is 6.92 Å². The molecule has 0 aliphatic carbocycles. The number of aromatic nitrogens is 1. The molecule has 1 aliphatic rings. The fraction of sp³-hybridized carbons (Fsp3) is 0.417. The maximum atomic E-state index is 12.8. The van der Waals surface area contributed by atoms with Gasteiger partial charge in [0, 0.05) is 49.5 Å². The summed E-state index contributed by atoms with van der Waals surface area (Å²) >= 11 is 6.25. The molecule has 1 aliphatic heterocycles. The van der Waals surface area contributed by atoms with Crippen LogP contribution in [0.25, 0.3) is 11.0 Å². The van der Waals surface area contributed by atoms with Gasteiger partial charge in [0.15, 0.2) is 0 Å². The van der Waals surface area contributed by atoms with E-state index in [-0.39, 0.29) is 5.91 Å². The van der Waals surface area contributed by atoms with E-state index in [9.17, 15) is 4.79 Å². The van der Waals surface area contributed by atoms with Gasteiger partial charge in [-0.05, 0) is 50.2 Å². The molecule has 0 spiro atoms. The Morgan fingerprint density at radius 1 is 1.16 bits per heavy atom. The third kappa shape index (κ3) is 5.41. The Hall–Kier alpha value is -2.61. The van der Waals surface area contributed by atoms with E-state index < -0.39 is 0 Å². The lowest BCUT2D eigenvalue weighted by molar-refractivity contribution is 0.0943. The molecule has 0 saturated carbocycles. The Morgan fingerprint density at radius 3 is 2.69 bits per heavy atom. The quantitative estimate of drug-likeness (QED) is 0.493. The van der Waals surface area contributed by atoms with Crippen LogP contribution in [-0.2, 0) is 0 Å². The summed E-state index contributed by atoms with van der Waals surface area (Å²) in [6.07, 6.45) is 2.51. The smallest absolute Gasteiger partial charge is 0.270 e. The van der Waals surface area contributed by atoms with Crippen molar-refractivity contribution in [2.24, 2.45) is 0 Å². The molecule has 1 amide bonds. The first-order valence-electron chi connectivity index (χ1n) is 11.2. The van der Waals surface area contributed by atoms with Gasteiger partial charge >= 0.3 is 0 Å². The molecular formula is C24H30ClN5O2. The van der Waals surface area contributed by atoms with Crippen molar-refractivity contribution in [2.75, 3.05) is 51.1 Å². The van der Waals surface area contributed by atoms with Gasteiger partial charge in [-0.1, -0.05) is 24.6 Å². The van der Waals surface area contributed by atoms with Crippen LogP contribution in [0.5, 0.6) is 0 Å². The summed E-state index contributed by atoms with van der Waals surface area (Å²) in [4.78, 5) is 22.2. The highest BCUT2D eigenvalue weighted by Crippen LogP contribution is 2.28. The number of halogens is 1. The van der Waals surface area contributed by atoms with Crippen LogP contribution in [0.15, 0.2) is 41.0 Å². The van der Waals surface area contributed by atoms with Crippen LogP contribution in [0.3, 0.4) is 0 Å². The Morgan fingerprint density at radius 2 is 1.94 bits per heavy atom. The number of hydrogen-bond donors (Lipinski definition) is 2. The number of carbonyl (C=O) groups is 1. The zero-order valence-corrected chi connectivity index (χ0v) is 19.4. The van der Waals surface area contributed by atoms with Gasteiger partial charge in [-0.2, -0.15) is 0 Å². The minimum Gasteiger partial charge on any atom is -0.464 e. The van der Waals surface area contributed by atoms with Crippen molar-refractivity contribution in [1.29, 1.82) is 0 Å². The van der Waals surface area contributed by atoms with Gasteiger partial charge < -0.3 is 24.9 Å². The second-order valence-electron chi connectivity index (χ2n) is 8.16. The summed E-state index contributed by atoms with van der Waals surface area (Å²) in [7, 11) is 0. The number of aryl methyl sites for hydroxylation is 1. The number of anilines is 2. The number of nitrogens with zero attached hydrogens (tertiary/aromatic N) is 3. The van der Waals surface area contributed by atoms with E-state index in [4.69, 9.17) is 16.0 Å². The topological polar surface area (TPSA) is 73.6 Å². The van der Waals surface area contributed by atoms with Crippen molar-refractivity contribution in [3.63, 3.8) is 0 Å². The van der Waals surface area contributed by atoms with Gasteiger partial charge in [0.1, 0.15) is 17.1 Å². The SMILES string of the molecule is CCN1CCN(CCCNC(=O)c2cc3occc3c(Nc3ccc(C)c(Cl)c3)n2)CC1. The van der Waals surface area contributed by atoms with E-state index in [2.05, 4.69) is 32.3 Å². The van der Waals surface area contributed by atoms with Crippen LogP contribution in [0.4, 0.5) is 11.5 Å². The normalized spacial score (nSPS) is 15.2. The summed E-state index contributed by atoms with van der Waals surface area (Å²) in [5.41, 5.74) is 2.74. The fourth-order valence-electron chi connectivity index (χ4n) is 3.91. The standard InChI is InChI=1S/C24H30ClN5O2/c1-3-29-10-12-30(13-11-29)9-4-8-26-24(31)21-16-22-19(7-14-32-22)23(28-21)27-18-6-5-17(2)20(25)15-18/h5-7,14-16H,3-4,8-13H2,1-2H3,(H,26,31)(H,27,28). The van der Waals surface area contributed by atoms with Gasteiger partial charge in [0.25, 0.3) is 5.91 Å². The van der Waals surface area contributed by atoms with E-state index in [0.29, 0.717) is 28.7 Å². The van der Waals surface area contributed by atoms with Crippen LogP contribution < -0.4 is 10.6 Å². The first-order valence-corrected chi connectivity index (χ1v) is 11.6. The van der Waals surface area contributed by atoms with Gasteiger partial charge in [0.2, 0.25) is 0 Å². The first-order chi connectivity index (χ1) is 15.5. The van der Waals surface area contributed by atoms with Crippen molar-refractivity contribution in [3.8, 4) is 0 Å². The molecule has 3 aromatic rings. The number of rotatable bonds is 8. The summed E-state index contributed by atoms with van der Waals surface area (Å²) in [5, 5.41) is 7.74. The van der Waals surface area contributed by atoms with E-state index >= 15 is 0 Å². The van der Waals surface area contributed by atoms with Crippen LogP contribution >= 0.6 is 11.6 Å². The van der Waals surface area contributed by atoms with Crippen molar-refractivity contribution in [1.82, 2.24) is 20.1 Å². The average Bonchev–Trinajstić information content (AvgIpc) is 3.28. The lowest BCUT2D eigenvalue weighted by Gasteiger charge is -2.33. The molecule has 0 unspecified atom stereocenters. The number of carbonyl (C=O) groups excluding carboxylic acids is 1. The second kappa shape index (κ2) is 10.3. The van der Waals surface area contributed by atoms with Gasteiger partial charge in [0.05, 0.1) is 11.6 Å². The Bertz CT molecular complexity index is 1080. The first kappa shape index (κ1) is 22.6. The summed E-state index contributed by atoms with van der Waals surface area (Å²) in [5.74, 6) is 0.360. The van der Waals surface area contributed by atoms with Crippen LogP contribution in [0.1, 0.15) is 29.4 Å². The fourth-order valence-corrected chi connectivity index (χ4v) is 4.09. The van der Waals surface area contributed by atoms with Crippen molar-refractivity contribution >= 4 is 40.0 Å². The van der Waals surface area contributed by atoms with E-state index in [0.717, 1.165) is 62.3 Å². The Labute approximate surface area is 193 Å². The van der Waals surface area contributed by atoms with Crippen LogP contribution in [0.2, 0.25) is 5.02 Å². The molecule has 2 N–H and O–H groups in total. The third-order valence-electron chi connectivity index (χ3n) is 5.97. The Kier molecular flexibility index (Phi) is 7.29. The monoisotopic (exact) mass is 455 g/mol. The summed E-state index contributed by atoms with van der Waals surface area (Å²) < 4.78 is 5.56. The minimum absolute atomic E-state index is 0.205. The lowest BCUT2D eigenvalue weighted by Crippen LogP contribution is -2.46. The molecule has 4 rings (SSSR count). The summed E-state index contributed by atoms with van der Waals surface area (Å²) in [6.45, 7) is 11.3. The zero-order valence-electron chi connectivity index (χ0n) is 18.7. The van der Waals surface area contributed by atoms with Crippen molar-refractivity contribution in [3.05, 3.63) is 52.9 Å². The Balaban J connectivity index is 1.37. The van der Waals surface area contributed by atoms with Crippen LogP contribution in [-0.4, -0.2) is 66.5 Å². The van der Waals surface area contributed by atoms with Gasteiger partial charge in [-0.3, -0.25) is 4.79 Å². The van der Waals surface area contributed by atoms with Gasteiger partial charge in [-0.15, -0.1) is 0 Å². The molecule has 0 bridgehead atoms. The predicted molar refractivity (Wildman–Crippen MR) is 129 cm³/mol. The maximum Gasteiger partial charge on any atom is 0.270 e. The highest BCUT2D eigenvalue weighted by molar-refractivity contribution is 6.31. The number of benzene rings is 1. The number of hydrogen-bond acceptors (Lipinski definition) is 6. The molecule has 1 saturated heterocycles. The molecule has 1 fully saturated rings. The number of likely N-dealkylation sites (N-methyl/N-ethyl adjacent to an activating group) is 1. The lowest BCUT2D eigenvalue weighted by atomic mass is 10.2. The van der Waals surface area contributed by atoms with Crippen molar-refractivity contribution in [2.45, 2.75) is 20.3 Å². The highest BCUT2D eigenvalue weighted by Gasteiger charge is 2.16. The molecule has 0 atom stereocenters.